The Bertz CT molecular complexity index is 905. The summed E-state index contributed by atoms with van der Waals surface area (Å²) in [4.78, 5) is 12.4. The number of carbonyl (C=O) groups is 1. The highest BCUT2D eigenvalue weighted by molar-refractivity contribution is 7.85. The van der Waals surface area contributed by atoms with Crippen LogP contribution in [0.1, 0.15) is 142 Å². The summed E-state index contributed by atoms with van der Waals surface area (Å²) in [5, 5.41) is 13.1. The van der Waals surface area contributed by atoms with Crippen LogP contribution in [0.15, 0.2) is 60.8 Å². The summed E-state index contributed by atoms with van der Waals surface area (Å²) in [6.45, 7) is 4.37. The van der Waals surface area contributed by atoms with Gasteiger partial charge in [-0.25, -0.2) is 0 Å². The molecule has 0 heterocycles. The minimum atomic E-state index is -4.36. The molecule has 248 valence electrons. The molecule has 6 nitrogen and oxygen atoms in total. The Labute approximate surface area is 264 Å². The molecular formula is C36H63NO5S. The van der Waals surface area contributed by atoms with E-state index in [2.05, 4.69) is 67.8 Å². The molecule has 0 aromatic heterocycles. The number of nitrogens with one attached hydrogen (secondary N) is 1. The first kappa shape index (κ1) is 41.0. The Morgan fingerprint density at radius 2 is 1.14 bits per heavy atom. The quantitative estimate of drug-likeness (QED) is 0.0439. The minimum Gasteiger partial charge on any atom is -0.387 e. The van der Waals surface area contributed by atoms with Gasteiger partial charge in [-0.05, 0) is 64.2 Å². The zero-order valence-corrected chi connectivity index (χ0v) is 28.1. The van der Waals surface area contributed by atoms with Crippen LogP contribution in [0.5, 0.6) is 0 Å². The summed E-state index contributed by atoms with van der Waals surface area (Å²) in [5.74, 6) is -1.05. The summed E-state index contributed by atoms with van der Waals surface area (Å²) < 4.78 is 32.3. The van der Waals surface area contributed by atoms with Crippen LogP contribution in [-0.4, -0.2) is 41.9 Å². The summed E-state index contributed by atoms with van der Waals surface area (Å²) >= 11 is 0. The molecule has 0 rings (SSSR count). The lowest BCUT2D eigenvalue weighted by molar-refractivity contribution is -0.122. The Kier molecular flexibility index (Phi) is 28.7. The molecule has 2 unspecified atom stereocenters. The number of hydrogen-bond donors (Lipinski definition) is 3. The standard InChI is InChI=1S/C36H63NO5S/c1-3-5-7-9-11-13-15-17-18-20-21-23-25-27-29-31-35(38)34(33-43(40,41)42)37-36(39)32-30-28-26-24-22-19-16-14-12-10-8-6-4-2/h6,8,12,14,19,21-23,29,31,34-35,38H,3-5,7,9-11,13,15-18,20,24-28,30,32-33H2,1-2H3,(H,37,39)(H,40,41,42)/b8-6-,14-12-,22-19-,23-21+,31-29+. The van der Waals surface area contributed by atoms with Crippen molar-refractivity contribution < 1.29 is 22.9 Å². The van der Waals surface area contributed by atoms with Crippen LogP contribution in [0, 0.1) is 0 Å². The Morgan fingerprint density at radius 1 is 0.651 bits per heavy atom. The lowest BCUT2D eigenvalue weighted by Crippen LogP contribution is -2.46. The first-order valence-electron chi connectivity index (χ1n) is 17.0. The van der Waals surface area contributed by atoms with Crippen LogP contribution in [0.3, 0.4) is 0 Å². The number of aliphatic hydroxyl groups excluding tert-OH is 1. The van der Waals surface area contributed by atoms with Gasteiger partial charge in [0.25, 0.3) is 10.1 Å². The molecule has 0 aromatic rings. The molecule has 7 heteroatoms. The Morgan fingerprint density at radius 3 is 1.74 bits per heavy atom. The molecule has 0 aliphatic rings. The average molecular weight is 622 g/mol. The third-order valence-corrected chi connectivity index (χ3v) is 7.96. The van der Waals surface area contributed by atoms with Gasteiger partial charge >= 0.3 is 0 Å². The fraction of sp³-hybridized carbons (Fsp3) is 0.694. The average Bonchev–Trinajstić information content (AvgIpc) is 2.96. The molecule has 0 aliphatic heterocycles. The van der Waals surface area contributed by atoms with Gasteiger partial charge in [-0.1, -0.05) is 132 Å². The van der Waals surface area contributed by atoms with Gasteiger partial charge in [0.15, 0.2) is 0 Å². The number of aliphatic hydroxyl groups is 1. The van der Waals surface area contributed by atoms with Gasteiger partial charge in [-0.2, -0.15) is 8.42 Å². The third kappa shape index (κ3) is 31.3. The van der Waals surface area contributed by atoms with Crippen molar-refractivity contribution in [3.63, 3.8) is 0 Å². The van der Waals surface area contributed by atoms with Gasteiger partial charge in [0, 0.05) is 6.42 Å². The van der Waals surface area contributed by atoms with Crippen molar-refractivity contribution in [1.29, 1.82) is 0 Å². The fourth-order valence-corrected chi connectivity index (χ4v) is 5.39. The first-order valence-corrected chi connectivity index (χ1v) is 18.6. The molecule has 0 aromatic carbocycles. The van der Waals surface area contributed by atoms with Gasteiger partial charge in [0.2, 0.25) is 5.91 Å². The van der Waals surface area contributed by atoms with E-state index in [1.807, 2.05) is 0 Å². The van der Waals surface area contributed by atoms with E-state index in [0.29, 0.717) is 12.8 Å². The van der Waals surface area contributed by atoms with Crippen LogP contribution in [0.25, 0.3) is 0 Å². The predicted octanol–water partition coefficient (Wildman–Crippen LogP) is 9.34. The molecule has 1 amide bonds. The molecule has 0 saturated carbocycles. The van der Waals surface area contributed by atoms with E-state index in [1.54, 1.807) is 6.08 Å². The van der Waals surface area contributed by atoms with Gasteiger partial charge in [0.05, 0.1) is 17.9 Å². The second-order valence-corrected chi connectivity index (χ2v) is 12.9. The molecule has 0 radical (unpaired) electrons. The maximum atomic E-state index is 12.4. The summed E-state index contributed by atoms with van der Waals surface area (Å²) in [6.07, 6.45) is 40.6. The largest absolute Gasteiger partial charge is 0.387 e. The second-order valence-electron chi connectivity index (χ2n) is 11.4. The zero-order valence-electron chi connectivity index (χ0n) is 27.3. The van der Waals surface area contributed by atoms with Crippen molar-refractivity contribution in [2.45, 2.75) is 154 Å². The normalized spacial score (nSPS) is 14.2. The minimum absolute atomic E-state index is 0.250. The summed E-state index contributed by atoms with van der Waals surface area (Å²) in [6, 6.07) is -1.09. The lowest BCUT2D eigenvalue weighted by atomic mass is 10.1. The number of amides is 1. The van der Waals surface area contributed by atoms with E-state index in [9.17, 15) is 22.9 Å². The van der Waals surface area contributed by atoms with E-state index in [-0.39, 0.29) is 12.3 Å². The zero-order chi connectivity index (χ0) is 31.9. The Balaban J connectivity index is 4.16. The van der Waals surface area contributed by atoms with E-state index in [4.69, 9.17) is 0 Å². The van der Waals surface area contributed by atoms with Crippen LogP contribution in [-0.2, 0) is 14.9 Å². The van der Waals surface area contributed by atoms with Crippen LogP contribution in [0.2, 0.25) is 0 Å². The molecule has 2 atom stereocenters. The maximum absolute atomic E-state index is 12.4. The van der Waals surface area contributed by atoms with Gasteiger partial charge in [-0.3, -0.25) is 9.35 Å². The SMILES string of the molecule is CC/C=C\C/C=C\C/C=C\CCCCCC(=O)NC(CS(=O)(=O)O)C(O)/C=C/CC/C=C/CCCCCCCCCCC. The maximum Gasteiger partial charge on any atom is 0.267 e. The second kappa shape index (κ2) is 30.1. The van der Waals surface area contributed by atoms with Crippen molar-refractivity contribution in [2.75, 3.05) is 5.75 Å². The molecule has 43 heavy (non-hydrogen) atoms. The van der Waals surface area contributed by atoms with Crippen LogP contribution < -0.4 is 5.32 Å². The van der Waals surface area contributed by atoms with Gasteiger partial charge in [0.1, 0.15) is 0 Å². The van der Waals surface area contributed by atoms with Crippen molar-refractivity contribution in [2.24, 2.45) is 0 Å². The monoisotopic (exact) mass is 621 g/mol. The highest BCUT2D eigenvalue weighted by Gasteiger charge is 2.24. The topological polar surface area (TPSA) is 104 Å². The van der Waals surface area contributed by atoms with Crippen LogP contribution >= 0.6 is 0 Å². The van der Waals surface area contributed by atoms with Gasteiger partial charge < -0.3 is 10.4 Å². The van der Waals surface area contributed by atoms with Crippen LogP contribution in [0.4, 0.5) is 0 Å². The predicted molar refractivity (Wildman–Crippen MR) is 184 cm³/mol. The molecule has 0 fully saturated rings. The molecule has 0 bridgehead atoms. The fourth-order valence-electron chi connectivity index (χ4n) is 4.65. The third-order valence-electron chi connectivity index (χ3n) is 7.18. The van der Waals surface area contributed by atoms with Gasteiger partial charge in [-0.15, -0.1) is 0 Å². The highest BCUT2D eigenvalue weighted by Crippen LogP contribution is 2.11. The molecule has 0 spiro atoms. The van der Waals surface area contributed by atoms with Crippen molar-refractivity contribution in [3.05, 3.63) is 60.8 Å². The number of hydrogen-bond acceptors (Lipinski definition) is 4. The molecular weight excluding hydrogens is 558 g/mol. The van der Waals surface area contributed by atoms with E-state index < -0.39 is 28.0 Å². The highest BCUT2D eigenvalue weighted by atomic mass is 32.2. The summed E-state index contributed by atoms with van der Waals surface area (Å²) in [7, 11) is -4.36. The van der Waals surface area contributed by atoms with E-state index >= 15 is 0 Å². The van der Waals surface area contributed by atoms with E-state index in [0.717, 1.165) is 51.4 Å². The smallest absolute Gasteiger partial charge is 0.267 e. The number of carbonyl (C=O) groups excluding carboxylic acids is 1. The molecule has 0 aliphatic carbocycles. The lowest BCUT2D eigenvalue weighted by Gasteiger charge is -2.21. The number of allylic oxidation sites excluding steroid dienone is 9. The van der Waals surface area contributed by atoms with Crippen molar-refractivity contribution in [1.82, 2.24) is 5.32 Å². The van der Waals surface area contributed by atoms with Crippen molar-refractivity contribution in [3.8, 4) is 0 Å². The molecule has 3 N–H and O–H groups in total. The number of rotatable bonds is 29. The first-order chi connectivity index (χ1) is 20.8. The van der Waals surface area contributed by atoms with Crippen molar-refractivity contribution >= 4 is 16.0 Å². The number of unbranched alkanes of at least 4 members (excludes halogenated alkanes) is 13. The van der Waals surface area contributed by atoms with E-state index in [1.165, 1.54) is 63.9 Å². The Hall–Kier alpha value is -1.96. The molecule has 0 saturated heterocycles. The summed E-state index contributed by atoms with van der Waals surface area (Å²) in [5.41, 5.74) is 0.